The van der Waals surface area contributed by atoms with Crippen molar-refractivity contribution in [1.82, 2.24) is 25.9 Å². The van der Waals surface area contributed by atoms with Gasteiger partial charge in [0.25, 0.3) is 0 Å². The number of nitrogens with one attached hydrogen (secondary N) is 4. The molecule has 3 heterocycles. The Hall–Kier alpha value is -3.54. The molecule has 5 rings (SSSR count). The third kappa shape index (κ3) is 6.05. The van der Waals surface area contributed by atoms with Gasteiger partial charge >= 0.3 is 0 Å². The number of aryl methyl sites for hydroxylation is 1. The summed E-state index contributed by atoms with van der Waals surface area (Å²) >= 11 is 6.77. The minimum absolute atomic E-state index is 0.0380. The van der Waals surface area contributed by atoms with Crippen LogP contribution in [-0.4, -0.2) is 28.1 Å². The normalized spacial score (nSPS) is 16.9. The lowest BCUT2D eigenvalue weighted by Gasteiger charge is -2.24. The van der Waals surface area contributed by atoms with E-state index in [1.165, 1.54) is 18.9 Å². The number of terminal acetylenes is 1. The van der Waals surface area contributed by atoms with E-state index in [2.05, 4.69) is 76.4 Å². The molecule has 1 saturated carbocycles. The highest BCUT2D eigenvalue weighted by Gasteiger charge is 2.39. The molecular formula is C30H35ClFN7. The van der Waals surface area contributed by atoms with Crippen molar-refractivity contribution in [2.24, 2.45) is 10.8 Å². The van der Waals surface area contributed by atoms with Gasteiger partial charge in [0.05, 0.1) is 33.5 Å². The van der Waals surface area contributed by atoms with Crippen LogP contribution in [0.25, 0.3) is 10.9 Å². The van der Waals surface area contributed by atoms with Crippen LogP contribution < -0.4 is 21.6 Å². The summed E-state index contributed by atoms with van der Waals surface area (Å²) in [6.07, 6.45) is 12.0. The molecule has 1 aliphatic heterocycles. The van der Waals surface area contributed by atoms with Crippen molar-refractivity contribution in [1.29, 1.82) is 0 Å². The van der Waals surface area contributed by atoms with E-state index in [9.17, 15) is 4.39 Å². The molecule has 1 fully saturated rings. The molecule has 0 saturated heterocycles. The fourth-order valence-corrected chi connectivity index (χ4v) is 4.98. The van der Waals surface area contributed by atoms with E-state index in [4.69, 9.17) is 18.0 Å². The lowest BCUT2D eigenvalue weighted by atomic mass is 9.96. The van der Waals surface area contributed by atoms with Gasteiger partial charge in [0.15, 0.2) is 0 Å². The molecule has 39 heavy (non-hydrogen) atoms. The molecule has 204 valence electrons. The molecule has 0 amide bonds. The Morgan fingerprint density at radius 1 is 1.28 bits per heavy atom. The monoisotopic (exact) mass is 547 g/mol. The first-order valence-corrected chi connectivity index (χ1v) is 13.5. The van der Waals surface area contributed by atoms with Crippen molar-refractivity contribution in [3.05, 3.63) is 70.2 Å². The van der Waals surface area contributed by atoms with Crippen molar-refractivity contribution in [3.8, 4) is 12.3 Å². The highest BCUT2D eigenvalue weighted by Crippen LogP contribution is 2.45. The van der Waals surface area contributed by atoms with Gasteiger partial charge in [-0.2, -0.15) is 4.39 Å². The number of pyridine rings is 2. The van der Waals surface area contributed by atoms with E-state index in [1.807, 2.05) is 19.1 Å². The fourth-order valence-electron chi connectivity index (χ4n) is 4.72. The summed E-state index contributed by atoms with van der Waals surface area (Å²) in [5, 5.41) is 10.5. The highest BCUT2D eigenvalue weighted by molar-refractivity contribution is 6.35. The average molecular weight is 548 g/mol. The van der Waals surface area contributed by atoms with Crippen LogP contribution in [0.1, 0.15) is 63.4 Å². The van der Waals surface area contributed by atoms with Gasteiger partial charge in [0.1, 0.15) is 0 Å². The predicted molar refractivity (Wildman–Crippen MR) is 156 cm³/mol. The third-order valence-corrected chi connectivity index (χ3v) is 7.48. The highest BCUT2D eigenvalue weighted by atomic mass is 35.5. The number of hydrogen-bond donors (Lipinski definition) is 4. The molecule has 0 unspecified atom stereocenters. The number of fused-ring (bicyclic) bond motifs is 1. The van der Waals surface area contributed by atoms with Crippen molar-refractivity contribution in [2.45, 2.75) is 53.5 Å². The molecule has 0 bridgehead atoms. The second-order valence-corrected chi connectivity index (χ2v) is 12.5. The molecule has 9 heteroatoms. The number of rotatable bonds is 8. The van der Waals surface area contributed by atoms with Crippen LogP contribution in [0.3, 0.4) is 0 Å². The topological polar surface area (TPSA) is 77.1 Å². The van der Waals surface area contributed by atoms with Gasteiger partial charge in [-0.25, -0.2) is 4.98 Å². The summed E-state index contributed by atoms with van der Waals surface area (Å²) < 4.78 is 13.9. The fraction of sp³-hybridized carbons (Fsp3) is 0.400. The number of hydrazine groups is 2. The smallest absolute Gasteiger partial charge is 0.213 e. The minimum atomic E-state index is -0.513. The van der Waals surface area contributed by atoms with E-state index in [0.29, 0.717) is 27.2 Å². The Labute approximate surface area is 234 Å². The van der Waals surface area contributed by atoms with Crippen LogP contribution in [0.5, 0.6) is 0 Å². The molecular weight excluding hydrogens is 513 g/mol. The molecule has 1 aliphatic carbocycles. The van der Waals surface area contributed by atoms with Gasteiger partial charge in [-0.15, -0.1) is 12.0 Å². The Balaban J connectivity index is 1.55. The van der Waals surface area contributed by atoms with Crippen LogP contribution in [0.15, 0.2) is 42.4 Å². The van der Waals surface area contributed by atoms with Gasteiger partial charge in [0, 0.05) is 47.8 Å². The average Bonchev–Trinajstić information content (AvgIpc) is 3.41. The van der Waals surface area contributed by atoms with Gasteiger partial charge in [-0.1, -0.05) is 51.3 Å². The lowest BCUT2D eigenvalue weighted by molar-refractivity contribution is 0.226. The van der Waals surface area contributed by atoms with Gasteiger partial charge in [0.2, 0.25) is 5.95 Å². The first-order valence-electron chi connectivity index (χ1n) is 13.2. The Morgan fingerprint density at radius 2 is 2.05 bits per heavy atom. The predicted octanol–water partition coefficient (Wildman–Crippen LogP) is 6.29. The van der Waals surface area contributed by atoms with Crippen LogP contribution in [0, 0.1) is 36.0 Å². The van der Waals surface area contributed by atoms with Crippen molar-refractivity contribution in [2.75, 3.05) is 23.7 Å². The number of halogens is 2. The zero-order chi connectivity index (χ0) is 27.9. The van der Waals surface area contributed by atoms with E-state index >= 15 is 0 Å². The second-order valence-electron chi connectivity index (χ2n) is 12.1. The largest absolute Gasteiger partial charge is 0.383 e. The summed E-state index contributed by atoms with van der Waals surface area (Å²) in [4.78, 5) is 8.64. The minimum Gasteiger partial charge on any atom is -0.383 e. The van der Waals surface area contributed by atoms with Gasteiger partial charge in [-0.05, 0) is 48.8 Å². The maximum Gasteiger partial charge on any atom is 0.213 e. The number of nitrogens with zero attached hydrogens (tertiary/aromatic N) is 3. The summed E-state index contributed by atoms with van der Waals surface area (Å²) in [6, 6.07) is 6.65. The third-order valence-electron chi connectivity index (χ3n) is 7.20. The summed E-state index contributed by atoms with van der Waals surface area (Å²) in [7, 11) is 0. The molecule has 2 aliphatic rings. The molecule has 7 nitrogen and oxygen atoms in total. The summed E-state index contributed by atoms with van der Waals surface area (Å²) in [5.74, 6) is 2.24. The number of benzene rings is 1. The molecule has 2 aromatic heterocycles. The summed E-state index contributed by atoms with van der Waals surface area (Å²) in [5.41, 5.74) is 12.2. The van der Waals surface area contributed by atoms with Crippen LogP contribution in [-0.2, 0) is 0 Å². The number of anilines is 2. The molecule has 4 N–H and O–H groups in total. The van der Waals surface area contributed by atoms with Crippen LogP contribution in [0.4, 0.5) is 15.8 Å². The zero-order valence-corrected chi connectivity index (χ0v) is 23.8. The standard InChI is InChI=1S/C30H35ClFN7/c1-7-19-14-33-27-22(26(19)34-16-29(3,4)5)12-20(13-23(27)31)36-28(21-8-9-25(32)35-18(21)2)24-15-39(38-37-24)17-30(6)10-11-30/h1,8-9,12-15,28,36-38H,10-11,16-17H2,2-6H3,(H,33,34)/t28-/m0/s1. The van der Waals surface area contributed by atoms with E-state index < -0.39 is 5.95 Å². The molecule has 1 aromatic carbocycles. The molecule has 0 radical (unpaired) electrons. The maximum absolute atomic E-state index is 13.9. The molecule has 3 aromatic rings. The zero-order valence-electron chi connectivity index (χ0n) is 23.0. The van der Waals surface area contributed by atoms with Gasteiger partial charge in [-0.3, -0.25) is 9.99 Å². The van der Waals surface area contributed by atoms with E-state index in [1.54, 1.807) is 12.3 Å². The first-order chi connectivity index (χ1) is 18.4. The number of hydrogen-bond acceptors (Lipinski definition) is 7. The quantitative estimate of drug-likeness (QED) is 0.195. The van der Waals surface area contributed by atoms with Crippen molar-refractivity contribution in [3.63, 3.8) is 0 Å². The van der Waals surface area contributed by atoms with Gasteiger partial charge < -0.3 is 16.1 Å². The SMILES string of the molecule is C#Cc1cnc2c(Cl)cc(N[C@H](C3=CN(CC4(C)CC4)NN3)c3ccc(F)nc3C)cc2c1NCC(C)(C)C. The summed E-state index contributed by atoms with van der Waals surface area (Å²) in [6.45, 7) is 12.2. The molecule has 0 spiro atoms. The first kappa shape index (κ1) is 27.0. The van der Waals surface area contributed by atoms with Crippen molar-refractivity contribution >= 4 is 33.9 Å². The van der Waals surface area contributed by atoms with E-state index in [0.717, 1.165) is 41.1 Å². The Bertz CT molecular complexity index is 1480. The lowest BCUT2D eigenvalue weighted by Crippen LogP contribution is -2.40. The maximum atomic E-state index is 13.9. The Kier molecular flexibility index (Phi) is 7.08. The van der Waals surface area contributed by atoms with Crippen LogP contribution in [0.2, 0.25) is 5.02 Å². The Morgan fingerprint density at radius 3 is 2.72 bits per heavy atom. The van der Waals surface area contributed by atoms with Crippen LogP contribution >= 0.6 is 11.6 Å². The van der Waals surface area contributed by atoms with Crippen molar-refractivity contribution < 1.29 is 4.39 Å². The van der Waals surface area contributed by atoms with E-state index in [-0.39, 0.29) is 11.5 Å². The number of aromatic nitrogens is 2. The molecule has 1 atom stereocenters. The second kappa shape index (κ2) is 10.2.